The smallest absolute Gasteiger partial charge is 0.154 e. The van der Waals surface area contributed by atoms with E-state index in [1.54, 1.807) is 23.0 Å². The lowest BCUT2D eigenvalue weighted by molar-refractivity contribution is -0.120. The third-order valence-corrected chi connectivity index (χ3v) is 3.06. The minimum atomic E-state index is 0.0992. The Morgan fingerprint density at radius 2 is 2.69 bits per heavy atom. The van der Waals surface area contributed by atoms with E-state index in [9.17, 15) is 4.79 Å². The summed E-state index contributed by atoms with van der Waals surface area (Å²) in [4.78, 5) is 16.6. The molecule has 0 aliphatic carbocycles. The molecule has 1 aromatic rings. The van der Waals surface area contributed by atoms with E-state index in [0.29, 0.717) is 12.2 Å². The van der Waals surface area contributed by atoms with Gasteiger partial charge in [0.25, 0.3) is 0 Å². The van der Waals surface area contributed by atoms with E-state index in [1.807, 2.05) is 0 Å². The van der Waals surface area contributed by atoms with E-state index in [2.05, 4.69) is 10.3 Å². The molecule has 1 aromatic heterocycles. The Balaban J connectivity index is 1.91. The van der Waals surface area contributed by atoms with Crippen LogP contribution in [-0.2, 0) is 11.2 Å². The number of carbonyl (C=O) groups is 1. The van der Waals surface area contributed by atoms with E-state index >= 15 is 0 Å². The fraction of sp³-hybridized carbons (Fsp3) is 0.556. The van der Waals surface area contributed by atoms with Crippen molar-refractivity contribution in [3.05, 3.63) is 16.6 Å². The van der Waals surface area contributed by atoms with Gasteiger partial charge < -0.3 is 5.32 Å². The van der Waals surface area contributed by atoms with Gasteiger partial charge in [-0.2, -0.15) is 0 Å². The van der Waals surface area contributed by atoms with Crippen molar-refractivity contribution in [2.24, 2.45) is 0 Å². The molecule has 4 heteroatoms. The van der Waals surface area contributed by atoms with Crippen LogP contribution >= 0.6 is 11.3 Å². The second kappa shape index (κ2) is 3.98. The molecule has 1 fully saturated rings. The zero-order valence-electron chi connectivity index (χ0n) is 7.32. The molecule has 1 aliphatic rings. The van der Waals surface area contributed by atoms with Crippen molar-refractivity contribution in [1.29, 1.82) is 0 Å². The molecular formula is C9H12N2OS. The van der Waals surface area contributed by atoms with Gasteiger partial charge in [-0.1, -0.05) is 0 Å². The Hall–Kier alpha value is -0.740. The summed E-state index contributed by atoms with van der Waals surface area (Å²) in [5.41, 5.74) is 1.77. The molecule has 0 bridgehead atoms. The summed E-state index contributed by atoms with van der Waals surface area (Å²) in [6.07, 6.45) is 4.44. The SMILES string of the molecule is O=C(Cc1cncs1)C1CCCN1. The van der Waals surface area contributed by atoms with Crippen LogP contribution in [0.3, 0.4) is 0 Å². The lowest BCUT2D eigenvalue weighted by atomic mass is 10.1. The highest BCUT2D eigenvalue weighted by Gasteiger charge is 2.21. The summed E-state index contributed by atoms with van der Waals surface area (Å²) in [5.74, 6) is 0.307. The fourth-order valence-corrected chi connectivity index (χ4v) is 2.19. The molecule has 70 valence electrons. The number of nitrogens with zero attached hydrogens (tertiary/aromatic N) is 1. The van der Waals surface area contributed by atoms with Crippen LogP contribution in [0, 0.1) is 0 Å². The van der Waals surface area contributed by atoms with E-state index in [0.717, 1.165) is 24.3 Å². The average Bonchev–Trinajstić information content (AvgIpc) is 2.74. The zero-order chi connectivity index (χ0) is 9.10. The molecule has 1 N–H and O–H groups in total. The minimum absolute atomic E-state index is 0.0992. The lowest BCUT2D eigenvalue weighted by Gasteiger charge is -2.06. The van der Waals surface area contributed by atoms with E-state index in [-0.39, 0.29) is 6.04 Å². The molecule has 0 saturated carbocycles. The van der Waals surface area contributed by atoms with Gasteiger partial charge in [-0.25, -0.2) is 0 Å². The number of hydrogen-bond acceptors (Lipinski definition) is 4. The van der Waals surface area contributed by atoms with Crippen molar-refractivity contribution in [1.82, 2.24) is 10.3 Å². The Bertz CT molecular complexity index is 278. The fourth-order valence-electron chi connectivity index (χ4n) is 1.58. The molecule has 0 spiro atoms. The van der Waals surface area contributed by atoms with Crippen molar-refractivity contribution < 1.29 is 4.79 Å². The van der Waals surface area contributed by atoms with Crippen LogP contribution in [-0.4, -0.2) is 23.4 Å². The maximum absolute atomic E-state index is 11.6. The summed E-state index contributed by atoms with van der Waals surface area (Å²) in [5, 5.41) is 3.20. The van der Waals surface area contributed by atoms with Gasteiger partial charge in [0.15, 0.2) is 5.78 Å². The van der Waals surface area contributed by atoms with E-state index < -0.39 is 0 Å². The van der Waals surface area contributed by atoms with Crippen LogP contribution in [0.15, 0.2) is 11.7 Å². The molecule has 0 amide bonds. The van der Waals surface area contributed by atoms with Crippen LogP contribution in [0.25, 0.3) is 0 Å². The first-order valence-corrected chi connectivity index (χ1v) is 5.37. The Kier molecular flexibility index (Phi) is 2.71. The lowest BCUT2D eigenvalue weighted by Crippen LogP contribution is -2.31. The second-order valence-electron chi connectivity index (χ2n) is 3.26. The number of carbonyl (C=O) groups excluding carboxylic acids is 1. The molecule has 0 radical (unpaired) electrons. The number of nitrogens with one attached hydrogen (secondary N) is 1. The molecule has 2 heterocycles. The number of hydrogen-bond donors (Lipinski definition) is 1. The van der Waals surface area contributed by atoms with Gasteiger partial charge in [-0.05, 0) is 19.4 Å². The first-order chi connectivity index (χ1) is 6.36. The number of Topliss-reactive ketones (excluding diaryl/α,β-unsaturated/α-hetero) is 1. The topological polar surface area (TPSA) is 42.0 Å². The van der Waals surface area contributed by atoms with Crippen molar-refractivity contribution in [3.63, 3.8) is 0 Å². The van der Waals surface area contributed by atoms with Crippen molar-refractivity contribution >= 4 is 17.1 Å². The van der Waals surface area contributed by atoms with E-state index in [1.165, 1.54) is 0 Å². The van der Waals surface area contributed by atoms with Crippen LogP contribution in [0.1, 0.15) is 17.7 Å². The normalized spacial score (nSPS) is 22.0. The summed E-state index contributed by atoms with van der Waals surface area (Å²) >= 11 is 1.55. The quantitative estimate of drug-likeness (QED) is 0.784. The average molecular weight is 196 g/mol. The minimum Gasteiger partial charge on any atom is -0.307 e. The van der Waals surface area contributed by atoms with Gasteiger partial charge in [0, 0.05) is 17.5 Å². The number of thiazole rings is 1. The van der Waals surface area contributed by atoms with Crippen LogP contribution in [0.5, 0.6) is 0 Å². The highest BCUT2D eigenvalue weighted by Crippen LogP contribution is 2.12. The first-order valence-electron chi connectivity index (χ1n) is 4.50. The molecule has 2 rings (SSSR count). The van der Waals surface area contributed by atoms with Gasteiger partial charge in [0.1, 0.15) is 0 Å². The maximum atomic E-state index is 11.6. The molecular weight excluding hydrogens is 184 g/mol. The van der Waals surface area contributed by atoms with Gasteiger partial charge in [-0.3, -0.25) is 9.78 Å². The predicted octanol–water partition coefficient (Wildman–Crippen LogP) is 1.01. The molecule has 1 atom stereocenters. The Morgan fingerprint density at radius 3 is 3.31 bits per heavy atom. The van der Waals surface area contributed by atoms with Crippen LogP contribution < -0.4 is 5.32 Å². The highest BCUT2D eigenvalue weighted by atomic mass is 32.1. The summed E-state index contributed by atoms with van der Waals surface area (Å²) in [6.45, 7) is 0.985. The first kappa shape index (κ1) is 8.84. The summed E-state index contributed by atoms with van der Waals surface area (Å²) in [7, 11) is 0. The van der Waals surface area contributed by atoms with Crippen LogP contribution in [0.4, 0.5) is 0 Å². The summed E-state index contributed by atoms with van der Waals surface area (Å²) in [6, 6.07) is 0.0992. The molecule has 0 aromatic carbocycles. The van der Waals surface area contributed by atoms with Gasteiger partial charge in [0.05, 0.1) is 11.6 Å². The molecule has 13 heavy (non-hydrogen) atoms. The maximum Gasteiger partial charge on any atom is 0.154 e. The highest BCUT2D eigenvalue weighted by molar-refractivity contribution is 7.09. The monoisotopic (exact) mass is 196 g/mol. The number of ketones is 1. The molecule has 1 aliphatic heterocycles. The molecule has 3 nitrogen and oxygen atoms in total. The molecule has 1 saturated heterocycles. The van der Waals surface area contributed by atoms with Gasteiger partial charge in [-0.15, -0.1) is 11.3 Å². The summed E-state index contributed by atoms with van der Waals surface area (Å²) < 4.78 is 0. The third-order valence-electron chi connectivity index (χ3n) is 2.28. The van der Waals surface area contributed by atoms with E-state index in [4.69, 9.17) is 0 Å². The Morgan fingerprint density at radius 1 is 1.77 bits per heavy atom. The van der Waals surface area contributed by atoms with Gasteiger partial charge >= 0.3 is 0 Å². The number of rotatable bonds is 3. The molecule has 1 unspecified atom stereocenters. The predicted molar refractivity (Wildman–Crippen MR) is 51.8 cm³/mol. The van der Waals surface area contributed by atoms with Crippen molar-refractivity contribution in [2.45, 2.75) is 25.3 Å². The second-order valence-corrected chi connectivity index (χ2v) is 4.23. The van der Waals surface area contributed by atoms with Crippen molar-refractivity contribution in [2.75, 3.05) is 6.54 Å². The Labute approximate surface area is 81.2 Å². The van der Waals surface area contributed by atoms with Crippen molar-refractivity contribution in [3.8, 4) is 0 Å². The standard InChI is InChI=1S/C9H12N2OS/c12-9(8-2-1-3-11-8)4-7-5-10-6-13-7/h5-6,8,11H,1-4H2. The third kappa shape index (κ3) is 2.14. The zero-order valence-corrected chi connectivity index (χ0v) is 8.14. The van der Waals surface area contributed by atoms with Gasteiger partial charge in [0.2, 0.25) is 0 Å². The van der Waals surface area contributed by atoms with Crippen LogP contribution in [0.2, 0.25) is 0 Å². The number of aromatic nitrogens is 1. The largest absolute Gasteiger partial charge is 0.307 e.